The molecule has 4 nitrogen and oxygen atoms in total. The van der Waals surface area contributed by atoms with Crippen molar-refractivity contribution in [1.82, 2.24) is 15.1 Å². The SMILES string of the molecule is CCn1cc(C(NC)C(C)Oc2cccc(Cl)c2)cn1. The summed E-state index contributed by atoms with van der Waals surface area (Å²) in [5.74, 6) is 0.771. The number of hydrogen-bond acceptors (Lipinski definition) is 3. The number of likely N-dealkylation sites (N-methyl/N-ethyl adjacent to an activating group) is 1. The second-order valence-electron chi connectivity index (χ2n) is 4.68. The van der Waals surface area contributed by atoms with Crippen molar-refractivity contribution in [2.45, 2.75) is 32.5 Å². The van der Waals surface area contributed by atoms with Crippen LogP contribution in [0.25, 0.3) is 0 Å². The van der Waals surface area contributed by atoms with Crippen molar-refractivity contribution >= 4 is 11.6 Å². The summed E-state index contributed by atoms with van der Waals surface area (Å²) < 4.78 is 7.87. The molecule has 5 heteroatoms. The van der Waals surface area contributed by atoms with Crippen LogP contribution in [0.15, 0.2) is 36.7 Å². The molecule has 1 aromatic heterocycles. The number of benzene rings is 1. The van der Waals surface area contributed by atoms with Gasteiger partial charge in [0.2, 0.25) is 0 Å². The van der Waals surface area contributed by atoms with Crippen LogP contribution in [0.5, 0.6) is 5.75 Å². The lowest BCUT2D eigenvalue weighted by atomic mass is 10.1. The summed E-state index contributed by atoms with van der Waals surface area (Å²) in [5.41, 5.74) is 1.11. The quantitative estimate of drug-likeness (QED) is 0.888. The first-order valence-electron chi connectivity index (χ1n) is 6.76. The predicted molar refractivity (Wildman–Crippen MR) is 81.2 cm³/mol. The van der Waals surface area contributed by atoms with Gasteiger partial charge in [0.1, 0.15) is 11.9 Å². The Balaban J connectivity index is 2.10. The van der Waals surface area contributed by atoms with E-state index in [0.29, 0.717) is 5.02 Å². The highest BCUT2D eigenvalue weighted by molar-refractivity contribution is 6.30. The molecule has 20 heavy (non-hydrogen) atoms. The van der Waals surface area contributed by atoms with Crippen LogP contribution >= 0.6 is 11.6 Å². The summed E-state index contributed by atoms with van der Waals surface area (Å²) in [4.78, 5) is 0. The van der Waals surface area contributed by atoms with Gasteiger partial charge in [-0.2, -0.15) is 5.10 Å². The van der Waals surface area contributed by atoms with Crippen molar-refractivity contribution in [1.29, 1.82) is 0 Å². The molecule has 1 N–H and O–H groups in total. The first-order chi connectivity index (χ1) is 9.63. The summed E-state index contributed by atoms with van der Waals surface area (Å²) in [5, 5.41) is 8.26. The van der Waals surface area contributed by atoms with Crippen molar-refractivity contribution in [3.63, 3.8) is 0 Å². The van der Waals surface area contributed by atoms with Gasteiger partial charge >= 0.3 is 0 Å². The lowest BCUT2D eigenvalue weighted by Crippen LogP contribution is -2.31. The van der Waals surface area contributed by atoms with Crippen molar-refractivity contribution in [2.75, 3.05) is 7.05 Å². The van der Waals surface area contributed by atoms with E-state index in [1.165, 1.54) is 0 Å². The van der Waals surface area contributed by atoms with E-state index in [9.17, 15) is 0 Å². The van der Waals surface area contributed by atoms with E-state index >= 15 is 0 Å². The van der Waals surface area contributed by atoms with Gasteiger partial charge in [0, 0.05) is 23.3 Å². The van der Waals surface area contributed by atoms with Gasteiger partial charge in [-0.05, 0) is 39.1 Å². The molecule has 0 amide bonds. The predicted octanol–water partition coefficient (Wildman–Crippen LogP) is 3.28. The van der Waals surface area contributed by atoms with Crippen molar-refractivity contribution in [3.05, 3.63) is 47.2 Å². The summed E-state index contributed by atoms with van der Waals surface area (Å²) in [6.45, 7) is 4.96. The molecule has 1 heterocycles. The van der Waals surface area contributed by atoms with Gasteiger partial charge in [0.05, 0.1) is 12.2 Å². The van der Waals surface area contributed by atoms with Crippen LogP contribution < -0.4 is 10.1 Å². The van der Waals surface area contributed by atoms with Crippen molar-refractivity contribution < 1.29 is 4.74 Å². The zero-order chi connectivity index (χ0) is 14.5. The Bertz CT molecular complexity index is 556. The molecule has 0 bridgehead atoms. The summed E-state index contributed by atoms with van der Waals surface area (Å²) in [6.07, 6.45) is 3.88. The molecule has 0 aliphatic carbocycles. The first kappa shape index (κ1) is 14.9. The number of nitrogens with one attached hydrogen (secondary N) is 1. The fourth-order valence-electron chi connectivity index (χ4n) is 2.21. The normalized spacial score (nSPS) is 14.0. The highest BCUT2D eigenvalue weighted by Crippen LogP contribution is 2.23. The molecular formula is C15H20ClN3O. The Morgan fingerprint density at radius 1 is 1.45 bits per heavy atom. The number of nitrogens with zero attached hydrogens (tertiary/aromatic N) is 2. The third-order valence-corrected chi connectivity index (χ3v) is 3.47. The lowest BCUT2D eigenvalue weighted by molar-refractivity contribution is 0.175. The number of hydrogen-bond donors (Lipinski definition) is 1. The third kappa shape index (κ3) is 3.52. The summed E-state index contributed by atoms with van der Waals surface area (Å²) >= 11 is 5.97. The number of aryl methyl sites for hydroxylation is 1. The molecule has 108 valence electrons. The van der Waals surface area contributed by atoms with Crippen molar-refractivity contribution in [3.8, 4) is 5.75 Å². The molecule has 0 saturated carbocycles. The molecule has 2 rings (SSSR count). The maximum atomic E-state index is 5.97. The van der Waals surface area contributed by atoms with Crippen LogP contribution in [0.2, 0.25) is 5.02 Å². The number of aromatic nitrogens is 2. The van der Waals surface area contributed by atoms with E-state index < -0.39 is 0 Å². The van der Waals surface area contributed by atoms with Crippen LogP contribution in [-0.2, 0) is 6.54 Å². The maximum absolute atomic E-state index is 5.97. The van der Waals surface area contributed by atoms with E-state index in [1.54, 1.807) is 0 Å². The number of halogens is 1. The smallest absolute Gasteiger partial charge is 0.121 e. The fourth-order valence-corrected chi connectivity index (χ4v) is 2.39. The fraction of sp³-hybridized carbons (Fsp3) is 0.400. The second kappa shape index (κ2) is 6.77. The highest BCUT2D eigenvalue weighted by Gasteiger charge is 2.20. The molecular weight excluding hydrogens is 274 g/mol. The zero-order valence-corrected chi connectivity index (χ0v) is 12.8. The standard InChI is InChI=1S/C15H20ClN3O/c1-4-19-10-12(9-18-19)15(17-3)11(2)20-14-7-5-6-13(16)8-14/h5-11,15,17H,4H2,1-3H3. The van der Waals surface area contributed by atoms with Crippen molar-refractivity contribution in [2.24, 2.45) is 0 Å². The summed E-state index contributed by atoms with van der Waals surface area (Å²) in [6, 6.07) is 7.52. The first-order valence-corrected chi connectivity index (χ1v) is 7.13. The minimum atomic E-state index is -0.0343. The Kier molecular flexibility index (Phi) is 5.04. The average molecular weight is 294 g/mol. The van der Waals surface area contributed by atoms with Gasteiger partial charge in [-0.15, -0.1) is 0 Å². The monoisotopic (exact) mass is 293 g/mol. The van der Waals surface area contributed by atoms with E-state index in [-0.39, 0.29) is 12.1 Å². The molecule has 2 atom stereocenters. The van der Waals surface area contributed by atoms with Gasteiger partial charge in [0.15, 0.2) is 0 Å². The Morgan fingerprint density at radius 3 is 2.85 bits per heavy atom. The van der Waals surface area contributed by atoms with Crippen LogP contribution in [0.1, 0.15) is 25.5 Å². The van der Waals surface area contributed by atoms with Crippen LogP contribution in [0.3, 0.4) is 0 Å². The lowest BCUT2D eigenvalue weighted by Gasteiger charge is -2.23. The summed E-state index contributed by atoms with van der Waals surface area (Å²) in [7, 11) is 1.92. The van der Waals surface area contributed by atoms with Crippen LogP contribution in [0.4, 0.5) is 0 Å². The average Bonchev–Trinajstić information content (AvgIpc) is 2.88. The molecule has 0 fully saturated rings. The topological polar surface area (TPSA) is 39.1 Å². The molecule has 0 aliphatic rings. The molecule has 2 aromatic rings. The molecule has 0 aliphatic heterocycles. The maximum Gasteiger partial charge on any atom is 0.121 e. The largest absolute Gasteiger partial charge is 0.489 e. The van der Waals surface area contributed by atoms with E-state index in [4.69, 9.17) is 16.3 Å². The van der Waals surface area contributed by atoms with E-state index in [0.717, 1.165) is 17.9 Å². The highest BCUT2D eigenvalue weighted by atomic mass is 35.5. The van der Waals surface area contributed by atoms with Crippen LogP contribution in [0, 0.1) is 0 Å². The Hall–Kier alpha value is -1.52. The Labute approximate surface area is 124 Å². The van der Waals surface area contributed by atoms with Gasteiger partial charge < -0.3 is 10.1 Å². The van der Waals surface area contributed by atoms with Gasteiger partial charge in [-0.1, -0.05) is 17.7 Å². The molecule has 0 radical (unpaired) electrons. The zero-order valence-electron chi connectivity index (χ0n) is 12.0. The number of ether oxygens (including phenoxy) is 1. The minimum Gasteiger partial charge on any atom is -0.489 e. The molecule has 0 spiro atoms. The second-order valence-corrected chi connectivity index (χ2v) is 5.11. The number of rotatable bonds is 6. The molecule has 1 aromatic carbocycles. The van der Waals surface area contributed by atoms with Gasteiger partial charge in [-0.25, -0.2) is 0 Å². The van der Waals surface area contributed by atoms with Gasteiger partial charge in [-0.3, -0.25) is 4.68 Å². The van der Waals surface area contributed by atoms with E-state index in [2.05, 4.69) is 17.3 Å². The van der Waals surface area contributed by atoms with Gasteiger partial charge in [0.25, 0.3) is 0 Å². The molecule has 0 saturated heterocycles. The third-order valence-electron chi connectivity index (χ3n) is 3.23. The van der Waals surface area contributed by atoms with Crippen LogP contribution in [-0.4, -0.2) is 22.9 Å². The Morgan fingerprint density at radius 2 is 2.25 bits per heavy atom. The van der Waals surface area contributed by atoms with E-state index in [1.807, 2.05) is 55.3 Å². The molecule has 2 unspecified atom stereocenters. The minimum absolute atomic E-state index is 0.0343.